The smallest absolute Gasteiger partial charge is 0.333 e. The number of esters is 1. The average molecular weight is 318 g/mol. The molecule has 0 aliphatic rings. The van der Waals surface area contributed by atoms with Gasteiger partial charge in [0, 0.05) is 11.8 Å². The molecular formula is C16H18N2O5. The quantitative estimate of drug-likeness (QED) is 0.731. The number of rotatable bonds is 6. The molecule has 0 saturated carbocycles. The molecule has 122 valence electrons. The van der Waals surface area contributed by atoms with E-state index in [1.807, 2.05) is 30.3 Å². The van der Waals surface area contributed by atoms with E-state index in [0.29, 0.717) is 5.56 Å². The molecule has 0 N–H and O–H groups in total. The van der Waals surface area contributed by atoms with Crippen LogP contribution in [0.4, 0.5) is 0 Å². The molecule has 7 heteroatoms. The van der Waals surface area contributed by atoms with Crippen molar-refractivity contribution < 1.29 is 14.3 Å². The molecule has 0 spiro atoms. The summed E-state index contributed by atoms with van der Waals surface area (Å²) in [6.45, 7) is 1.41. The molecule has 1 aromatic carbocycles. The molecule has 1 aromatic heterocycles. The summed E-state index contributed by atoms with van der Waals surface area (Å²) in [4.78, 5) is 35.7. The fourth-order valence-electron chi connectivity index (χ4n) is 2.06. The lowest BCUT2D eigenvalue weighted by molar-refractivity contribution is -0.141. The maximum Gasteiger partial charge on any atom is 0.333 e. The van der Waals surface area contributed by atoms with Crippen molar-refractivity contribution in [3.05, 3.63) is 68.5 Å². The second-order valence-corrected chi connectivity index (χ2v) is 5.00. The maximum atomic E-state index is 12.3. The van der Waals surface area contributed by atoms with E-state index in [9.17, 15) is 14.4 Å². The van der Waals surface area contributed by atoms with E-state index in [2.05, 4.69) is 4.74 Å². The second kappa shape index (κ2) is 7.55. The van der Waals surface area contributed by atoms with Crippen molar-refractivity contribution in [1.29, 1.82) is 0 Å². The fraction of sp³-hybridized carbons (Fsp3) is 0.312. The van der Waals surface area contributed by atoms with Crippen LogP contribution in [-0.2, 0) is 34.2 Å². The van der Waals surface area contributed by atoms with Gasteiger partial charge in [-0.05, 0) is 12.5 Å². The number of carbonyl (C=O) groups is 1. The van der Waals surface area contributed by atoms with Gasteiger partial charge in [0.2, 0.25) is 0 Å². The van der Waals surface area contributed by atoms with Crippen LogP contribution in [0, 0.1) is 6.92 Å². The van der Waals surface area contributed by atoms with E-state index in [1.165, 1.54) is 13.3 Å². The Morgan fingerprint density at radius 2 is 1.87 bits per heavy atom. The molecule has 0 amide bonds. The van der Waals surface area contributed by atoms with Crippen LogP contribution in [0.2, 0.25) is 0 Å². The minimum atomic E-state index is -0.612. The SMILES string of the molecule is COC(=O)Cn1cc(C)c(=O)n(COCc2ccccc2)c1=O. The van der Waals surface area contributed by atoms with E-state index in [1.54, 1.807) is 6.92 Å². The molecule has 0 unspecified atom stereocenters. The Morgan fingerprint density at radius 1 is 1.17 bits per heavy atom. The van der Waals surface area contributed by atoms with Gasteiger partial charge in [-0.25, -0.2) is 9.36 Å². The lowest BCUT2D eigenvalue weighted by atomic mass is 10.2. The Bertz CT molecular complexity index is 792. The van der Waals surface area contributed by atoms with Crippen LogP contribution < -0.4 is 11.2 Å². The maximum absolute atomic E-state index is 12.3. The van der Waals surface area contributed by atoms with Crippen LogP contribution >= 0.6 is 0 Å². The van der Waals surface area contributed by atoms with Gasteiger partial charge < -0.3 is 9.47 Å². The van der Waals surface area contributed by atoms with E-state index in [-0.39, 0.29) is 19.9 Å². The summed E-state index contributed by atoms with van der Waals surface area (Å²) in [5.74, 6) is -0.568. The highest BCUT2D eigenvalue weighted by atomic mass is 16.5. The number of nitrogens with zero attached hydrogens (tertiary/aromatic N) is 2. The summed E-state index contributed by atoms with van der Waals surface area (Å²) in [6.07, 6.45) is 1.34. The highest BCUT2D eigenvalue weighted by Crippen LogP contribution is 2.00. The van der Waals surface area contributed by atoms with Crippen LogP contribution in [0.3, 0.4) is 0 Å². The van der Waals surface area contributed by atoms with Crippen molar-refractivity contribution >= 4 is 5.97 Å². The number of aryl methyl sites for hydroxylation is 1. The Kier molecular flexibility index (Phi) is 5.48. The van der Waals surface area contributed by atoms with Crippen LogP contribution in [-0.4, -0.2) is 22.2 Å². The molecular weight excluding hydrogens is 300 g/mol. The number of methoxy groups -OCH3 is 1. The van der Waals surface area contributed by atoms with Gasteiger partial charge in [-0.1, -0.05) is 30.3 Å². The zero-order valence-corrected chi connectivity index (χ0v) is 13.0. The minimum Gasteiger partial charge on any atom is -0.468 e. The van der Waals surface area contributed by atoms with E-state index in [4.69, 9.17) is 4.74 Å². The molecule has 0 aliphatic carbocycles. The Hall–Kier alpha value is -2.67. The van der Waals surface area contributed by atoms with Gasteiger partial charge >= 0.3 is 11.7 Å². The molecule has 23 heavy (non-hydrogen) atoms. The molecule has 0 radical (unpaired) electrons. The predicted octanol–water partition coefficient (Wildman–Crippen LogP) is 0.666. The third kappa shape index (κ3) is 4.17. The second-order valence-electron chi connectivity index (χ2n) is 5.00. The molecule has 7 nitrogen and oxygen atoms in total. The van der Waals surface area contributed by atoms with Gasteiger partial charge in [0.15, 0.2) is 0 Å². The van der Waals surface area contributed by atoms with Gasteiger partial charge in [0.1, 0.15) is 13.3 Å². The average Bonchev–Trinajstić information content (AvgIpc) is 2.56. The number of hydrogen-bond acceptors (Lipinski definition) is 5. The first-order valence-electron chi connectivity index (χ1n) is 7.02. The minimum absolute atomic E-state index is 0.185. The van der Waals surface area contributed by atoms with Gasteiger partial charge in [-0.3, -0.25) is 14.2 Å². The van der Waals surface area contributed by atoms with Gasteiger partial charge in [0.05, 0.1) is 13.7 Å². The predicted molar refractivity (Wildman–Crippen MR) is 82.9 cm³/mol. The van der Waals surface area contributed by atoms with Crippen molar-refractivity contribution in [3.63, 3.8) is 0 Å². The topological polar surface area (TPSA) is 79.5 Å². The van der Waals surface area contributed by atoms with Crippen LogP contribution in [0.25, 0.3) is 0 Å². The number of aromatic nitrogens is 2. The summed E-state index contributed by atoms with van der Waals surface area (Å²) >= 11 is 0. The zero-order valence-electron chi connectivity index (χ0n) is 13.0. The lowest BCUT2D eigenvalue weighted by Crippen LogP contribution is -2.42. The monoisotopic (exact) mass is 318 g/mol. The van der Waals surface area contributed by atoms with E-state index in [0.717, 1.165) is 14.7 Å². The van der Waals surface area contributed by atoms with Crippen LogP contribution in [0.15, 0.2) is 46.1 Å². The zero-order chi connectivity index (χ0) is 16.8. The largest absolute Gasteiger partial charge is 0.468 e. The Morgan fingerprint density at radius 3 is 2.52 bits per heavy atom. The molecule has 0 bridgehead atoms. The van der Waals surface area contributed by atoms with Crippen molar-refractivity contribution in [1.82, 2.24) is 9.13 Å². The van der Waals surface area contributed by atoms with Crippen molar-refractivity contribution in [2.75, 3.05) is 7.11 Å². The van der Waals surface area contributed by atoms with Gasteiger partial charge in [-0.15, -0.1) is 0 Å². The summed E-state index contributed by atoms with van der Waals surface area (Å²) in [5, 5.41) is 0. The third-order valence-electron chi connectivity index (χ3n) is 3.27. The fourth-order valence-corrected chi connectivity index (χ4v) is 2.06. The normalized spacial score (nSPS) is 10.5. The summed E-state index contributed by atoms with van der Waals surface area (Å²) in [5.41, 5.74) is 0.225. The number of benzene rings is 1. The summed E-state index contributed by atoms with van der Waals surface area (Å²) in [7, 11) is 1.24. The number of carbonyl (C=O) groups excluding carboxylic acids is 1. The number of ether oxygens (including phenoxy) is 2. The van der Waals surface area contributed by atoms with E-state index >= 15 is 0 Å². The van der Waals surface area contributed by atoms with Crippen molar-refractivity contribution in [3.8, 4) is 0 Å². The number of hydrogen-bond donors (Lipinski definition) is 0. The highest BCUT2D eigenvalue weighted by molar-refractivity contribution is 5.68. The van der Waals surface area contributed by atoms with Gasteiger partial charge in [-0.2, -0.15) is 0 Å². The molecule has 0 aliphatic heterocycles. The van der Waals surface area contributed by atoms with Crippen LogP contribution in [0.5, 0.6) is 0 Å². The van der Waals surface area contributed by atoms with E-state index < -0.39 is 17.2 Å². The molecule has 1 heterocycles. The summed E-state index contributed by atoms with van der Waals surface area (Å²) in [6, 6.07) is 9.41. The Balaban J connectivity index is 2.18. The first kappa shape index (κ1) is 16.7. The summed E-state index contributed by atoms with van der Waals surface area (Å²) < 4.78 is 12.1. The highest BCUT2D eigenvalue weighted by Gasteiger charge is 2.11. The van der Waals surface area contributed by atoms with Crippen molar-refractivity contribution in [2.24, 2.45) is 0 Å². The molecule has 2 rings (SSSR count). The molecule has 2 aromatic rings. The first-order valence-corrected chi connectivity index (χ1v) is 7.02. The third-order valence-corrected chi connectivity index (χ3v) is 3.27. The Labute approximate surface area is 132 Å². The lowest BCUT2D eigenvalue weighted by Gasteiger charge is -2.11. The standard InChI is InChI=1S/C16H18N2O5/c1-12-8-17(9-14(19)22-2)16(21)18(15(12)20)11-23-10-13-6-4-3-5-7-13/h3-8H,9-11H2,1-2H3. The first-order chi connectivity index (χ1) is 11.0. The van der Waals surface area contributed by atoms with Crippen LogP contribution in [0.1, 0.15) is 11.1 Å². The van der Waals surface area contributed by atoms with Crippen molar-refractivity contribution in [2.45, 2.75) is 26.8 Å². The van der Waals surface area contributed by atoms with Gasteiger partial charge in [0.25, 0.3) is 5.56 Å². The molecule has 0 fully saturated rings. The molecule has 0 saturated heterocycles. The molecule has 0 atom stereocenters.